The molecule has 2 heterocycles. The maximum atomic E-state index is 13.1. The van der Waals surface area contributed by atoms with Crippen LogP contribution in [0.1, 0.15) is 27.9 Å². The Morgan fingerprint density at radius 3 is 2.85 bits per heavy atom. The van der Waals surface area contributed by atoms with Crippen LogP contribution in [0.2, 0.25) is 0 Å². The Hall–Kier alpha value is -3.65. The van der Waals surface area contributed by atoms with Gasteiger partial charge in [-0.1, -0.05) is 24.3 Å². The number of benzene rings is 2. The molecule has 132 valence electrons. The van der Waals surface area contributed by atoms with Crippen molar-refractivity contribution in [1.29, 1.82) is 5.26 Å². The summed E-state index contributed by atoms with van der Waals surface area (Å²) < 4.78 is 0. The number of nitriles is 1. The Balaban J connectivity index is 1.59. The molecule has 3 aromatic rings. The van der Waals surface area contributed by atoms with E-state index in [0.717, 1.165) is 24.2 Å². The SMILES string of the molecule is N#Cc1cccc(Nc2cncc(C(=O)N3CCCc4ccccc43)c2)c1. The van der Waals surface area contributed by atoms with Gasteiger partial charge in [0.15, 0.2) is 0 Å². The third-order valence-electron chi connectivity index (χ3n) is 4.62. The molecular weight excluding hydrogens is 336 g/mol. The average molecular weight is 354 g/mol. The largest absolute Gasteiger partial charge is 0.354 e. The molecule has 27 heavy (non-hydrogen) atoms. The Bertz CT molecular complexity index is 1040. The van der Waals surface area contributed by atoms with Gasteiger partial charge >= 0.3 is 0 Å². The summed E-state index contributed by atoms with van der Waals surface area (Å²) in [6.45, 7) is 0.706. The van der Waals surface area contributed by atoms with Crippen molar-refractivity contribution in [3.63, 3.8) is 0 Å². The molecule has 1 N–H and O–H groups in total. The maximum absolute atomic E-state index is 13.1. The summed E-state index contributed by atoms with van der Waals surface area (Å²) in [7, 11) is 0. The summed E-state index contributed by atoms with van der Waals surface area (Å²) in [5, 5.41) is 12.2. The average Bonchev–Trinajstić information content (AvgIpc) is 2.73. The summed E-state index contributed by atoms with van der Waals surface area (Å²) >= 11 is 0. The number of hydrogen-bond donors (Lipinski definition) is 1. The zero-order valence-electron chi connectivity index (χ0n) is 14.7. The molecule has 1 aliphatic heterocycles. The summed E-state index contributed by atoms with van der Waals surface area (Å²) in [6.07, 6.45) is 5.21. The van der Waals surface area contributed by atoms with Gasteiger partial charge in [-0.3, -0.25) is 9.78 Å². The second-order valence-electron chi connectivity index (χ2n) is 6.47. The van der Waals surface area contributed by atoms with Crippen molar-refractivity contribution in [1.82, 2.24) is 4.98 Å². The van der Waals surface area contributed by atoms with Crippen LogP contribution in [-0.4, -0.2) is 17.4 Å². The standard InChI is InChI=1S/C22H18N4O/c23-13-16-5-3-8-19(11-16)25-20-12-18(14-24-15-20)22(27)26-10-4-7-17-6-1-2-9-21(17)26/h1-3,5-6,8-9,11-12,14-15,25H,4,7,10H2. The van der Waals surface area contributed by atoms with Crippen molar-refractivity contribution in [3.05, 3.63) is 83.7 Å². The van der Waals surface area contributed by atoms with E-state index in [0.29, 0.717) is 23.4 Å². The highest BCUT2D eigenvalue weighted by atomic mass is 16.2. The Morgan fingerprint density at radius 2 is 1.96 bits per heavy atom. The molecule has 1 aromatic heterocycles. The highest BCUT2D eigenvalue weighted by Crippen LogP contribution is 2.28. The van der Waals surface area contributed by atoms with Gasteiger partial charge in [-0.15, -0.1) is 0 Å². The molecule has 0 atom stereocenters. The Kier molecular flexibility index (Phi) is 4.54. The van der Waals surface area contributed by atoms with Crippen LogP contribution in [0.3, 0.4) is 0 Å². The van der Waals surface area contributed by atoms with Gasteiger partial charge in [0.1, 0.15) is 0 Å². The van der Waals surface area contributed by atoms with Gasteiger partial charge in [-0.05, 0) is 48.7 Å². The first-order valence-electron chi connectivity index (χ1n) is 8.86. The van der Waals surface area contributed by atoms with Gasteiger partial charge in [0.2, 0.25) is 0 Å². The van der Waals surface area contributed by atoms with Gasteiger partial charge in [0.05, 0.1) is 29.1 Å². The number of aromatic nitrogens is 1. The topological polar surface area (TPSA) is 69.0 Å². The van der Waals surface area contributed by atoms with Crippen LogP contribution in [-0.2, 0) is 6.42 Å². The smallest absolute Gasteiger partial charge is 0.259 e. The summed E-state index contributed by atoms with van der Waals surface area (Å²) in [4.78, 5) is 19.1. The van der Waals surface area contributed by atoms with Crippen molar-refractivity contribution in [3.8, 4) is 6.07 Å². The minimum absolute atomic E-state index is 0.0518. The number of carbonyl (C=O) groups is 1. The predicted octanol–water partition coefficient (Wildman–Crippen LogP) is 4.29. The number of nitrogens with one attached hydrogen (secondary N) is 1. The van der Waals surface area contributed by atoms with Gasteiger partial charge in [0, 0.05) is 24.1 Å². The minimum Gasteiger partial charge on any atom is -0.354 e. The van der Waals surface area contributed by atoms with Crippen molar-refractivity contribution < 1.29 is 4.79 Å². The summed E-state index contributed by atoms with van der Waals surface area (Å²) in [5.74, 6) is -0.0518. The second kappa shape index (κ2) is 7.30. The van der Waals surface area contributed by atoms with Crippen molar-refractivity contribution in [2.24, 2.45) is 0 Å². The fourth-order valence-electron chi connectivity index (χ4n) is 3.36. The molecule has 1 aliphatic rings. The van der Waals surface area contributed by atoms with Gasteiger partial charge in [0.25, 0.3) is 5.91 Å². The highest BCUT2D eigenvalue weighted by molar-refractivity contribution is 6.07. The van der Waals surface area contributed by atoms with E-state index in [4.69, 9.17) is 5.26 Å². The molecular formula is C22H18N4O. The predicted molar refractivity (Wildman–Crippen MR) is 105 cm³/mol. The normalized spacial score (nSPS) is 12.8. The molecule has 4 rings (SSSR count). The molecule has 2 aromatic carbocycles. The lowest BCUT2D eigenvalue weighted by Gasteiger charge is -2.29. The summed E-state index contributed by atoms with van der Waals surface area (Å²) in [5.41, 5.74) is 4.78. The third-order valence-corrected chi connectivity index (χ3v) is 4.62. The molecule has 0 saturated carbocycles. The lowest BCUT2D eigenvalue weighted by Crippen LogP contribution is -2.35. The Morgan fingerprint density at radius 1 is 1.07 bits per heavy atom. The van der Waals surface area contributed by atoms with E-state index in [-0.39, 0.29) is 5.91 Å². The van der Waals surface area contributed by atoms with E-state index >= 15 is 0 Å². The number of amides is 1. The number of pyridine rings is 1. The zero-order chi connectivity index (χ0) is 18.6. The van der Waals surface area contributed by atoms with Crippen LogP contribution in [0, 0.1) is 11.3 Å². The van der Waals surface area contributed by atoms with E-state index in [2.05, 4.69) is 22.4 Å². The van der Waals surface area contributed by atoms with Gasteiger partial charge in [-0.2, -0.15) is 5.26 Å². The van der Waals surface area contributed by atoms with Crippen LogP contribution >= 0.6 is 0 Å². The lowest BCUT2D eigenvalue weighted by atomic mass is 10.0. The first-order chi connectivity index (χ1) is 13.2. The number of rotatable bonds is 3. The minimum atomic E-state index is -0.0518. The van der Waals surface area contributed by atoms with Crippen LogP contribution in [0.5, 0.6) is 0 Å². The van der Waals surface area contributed by atoms with Crippen LogP contribution in [0.15, 0.2) is 67.0 Å². The highest BCUT2D eigenvalue weighted by Gasteiger charge is 2.23. The number of nitrogens with zero attached hydrogens (tertiary/aromatic N) is 3. The molecule has 1 amide bonds. The third kappa shape index (κ3) is 3.51. The van der Waals surface area contributed by atoms with Crippen LogP contribution < -0.4 is 10.2 Å². The van der Waals surface area contributed by atoms with Crippen LogP contribution in [0.4, 0.5) is 17.1 Å². The number of para-hydroxylation sites is 1. The molecule has 0 unspecified atom stereocenters. The van der Waals surface area contributed by atoms with Gasteiger partial charge in [-0.25, -0.2) is 0 Å². The molecule has 0 spiro atoms. The van der Waals surface area contributed by atoms with Crippen LogP contribution in [0.25, 0.3) is 0 Å². The van der Waals surface area contributed by atoms with Crippen molar-refractivity contribution in [2.75, 3.05) is 16.8 Å². The number of hydrogen-bond acceptors (Lipinski definition) is 4. The summed E-state index contributed by atoms with van der Waals surface area (Å²) in [6, 6.07) is 19.1. The molecule has 5 heteroatoms. The molecule has 0 saturated heterocycles. The first kappa shape index (κ1) is 16.8. The van der Waals surface area contributed by atoms with Crippen molar-refractivity contribution in [2.45, 2.75) is 12.8 Å². The van der Waals surface area contributed by atoms with E-state index < -0.39 is 0 Å². The molecule has 0 fully saturated rings. The molecule has 5 nitrogen and oxygen atoms in total. The first-order valence-corrected chi connectivity index (χ1v) is 8.86. The zero-order valence-corrected chi connectivity index (χ0v) is 14.7. The van der Waals surface area contributed by atoms with E-state index in [1.807, 2.05) is 35.2 Å². The second-order valence-corrected chi connectivity index (χ2v) is 6.47. The van der Waals surface area contributed by atoms with E-state index in [1.165, 1.54) is 5.56 Å². The van der Waals surface area contributed by atoms with Crippen molar-refractivity contribution >= 4 is 23.0 Å². The van der Waals surface area contributed by atoms with E-state index in [9.17, 15) is 4.79 Å². The maximum Gasteiger partial charge on any atom is 0.259 e. The fourth-order valence-corrected chi connectivity index (χ4v) is 3.36. The molecule has 0 bridgehead atoms. The quantitative estimate of drug-likeness (QED) is 0.762. The number of anilines is 3. The lowest BCUT2D eigenvalue weighted by molar-refractivity contribution is 0.0985. The number of fused-ring (bicyclic) bond motifs is 1. The fraction of sp³-hybridized carbons (Fsp3) is 0.136. The molecule has 0 aliphatic carbocycles. The number of carbonyl (C=O) groups excluding carboxylic acids is 1. The number of aryl methyl sites for hydroxylation is 1. The van der Waals surface area contributed by atoms with Gasteiger partial charge < -0.3 is 10.2 Å². The van der Waals surface area contributed by atoms with E-state index in [1.54, 1.807) is 30.6 Å². The Labute approximate surface area is 157 Å². The molecule has 0 radical (unpaired) electrons. The monoisotopic (exact) mass is 354 g/mol.